The fourth-order valence-electron chi connectivity index (χ4n) is 4.27. The second kappa shape index (κ2) is 8.87. The first kappa shape index (κ1) is 22.8. The molecule has 6 nitrogen and oxygen atoms in total. The first-order valence-electron chi connectivity index (χ1n) is 10.9. The number of aromatic nitrogens is 3. The van der Waals surface area contributed by atoms with Crippen LogP contribution in [0.5, 0.6) is 0 Å². The number of carbonyl (C=O) groups excluding carboxylic acids is 1. The van der Waals surface area contributed by atoms with E-state index >= 15 is 0 Å². The minimum atomic E-state index is -0.229. The highest BCUT2D eigenvalue weighted by atomic mass is 35.5. The summed E-state index contributed by atoms with van der Waals surface area (Å²) in [5.74, 6) is -0.229. The fourth-order valence-corrected chi connectivity index (χ4v) is 4.38. The van der Waals surface area contributed by atoms with Crippen LogP contribution in [0.4, 0.5) is 0 Å². The highest BCUT2D eigenvalue weighted by Crippen LogP contribution is 2.33. The van der Waals surface area contributed by atoms with Crippen LogP contribution in [0.2, 0.25) is 5.15 Å². The molecule has 2 N–H and O–H groups in total. The Morgan fingerprint density at radius 3 is 2.52 bits per heavy atom. The number of hydrogen-bond donors (Lipinski definition) is 2. The van der Waals surface area contributed by atoms with Crippen LogP contribution in [-0.4, -0.2) is 20.4 Å². The predicted octanol–water partition coefficient (Wildman–Crippen LogP) is 5.48. The summed E-state index contributed by atoms with van der Waals surface area (Å²) in [5, 5.41) is 4.28. The number of aromatic amines is 1. The van der Waals surface area contributed by atoms with Gasteiger partial charge in [-0.1, -0.05) is 11.6 Å². The van der Waals surface area contributed by atoms with E-state index in [2.05, 4.69) is 46.0 Å². The number of H-pyrrole nitrogens is 1. The van der Waals surface area contributed by atoms with Crippen molar-refractivity contribution in [2.75, 3.05) is 0 Å². The molecule has 7 heteroatoms. The van der Waals surface area contributed by atoms with Crippen molar-refractivity contribution in [2.45, 2.75) is 47.2 Å². The Morgan fingerprint density at radius 1 is 1.12 bits per heavy atom. The number of fused-ring (bicyclic) bond motifs is 1. The molecule has 33 heavy (non-hydrogen) atoms. The van der Waals surface area contributed by atoms with Crippen LogP contribution in [-0.2, 0) is 6.54 Å². The highest BCUT2D eigenvalue weighted by molar-refractivity contribution is 6.29. The quantitative estimate of drug-likeness (QED) is 0.385. The molecule has 1 aromatic carbocycles. The Bertz CT molecular complexity index is 1420. The molecule has 1 amide bonds. The fraction of sp³-hybridized carbons (Fsp3) is 0.269. The molecule has 0 saturated heterocycles. The second-order valence-electron chi connectivity index (χ2n) is 8.73. The summed E-state index contributed by atoms with van der Waals surface area (Å²) >= 11 is 5.97. The second-order valence-corrected chi connectivity index (χ2v) is 9.11. The van der Waals surface area contributed by atoms with Crippen LogP contribution in [0, 0.1) is 20.8 Å². The van der Waals surface area contributed by atoms with Gasteiger partial charge in [0.05, 0.1) is 0 Å². The predicted molar refractivity (Wildman–Crippen MR) is 133 cm³/mol. The molecular formula is C26H27ClN4O2. The molecular weight excluding hydrogens is 436 g/mol. The molecule has 0 saturated carbocycles. The molecule has 0 unspecified atom stereocenters. The van der Waals surface area contributed by atoms with Crippen molar-refractivity contribution in [3.63, 3.8) is 0 Å². The van der Waals surface area contributed by atoms with E-state index in [4.69, 9.17) is 11.6 Å². The number of nitrogens with one attached hydrogen (secondary N) is 2. The van der Waals surface area contributed by atoms with Crippen molar-refractivity contribution in [1.29, 1.82) is 0 Å². The van der Waals surface area contributed by atoms with E-state index in [1.165, 1.54) is 0 Å². The maximum Gasteiger partial charge on any atom is 0.253 e. The zero-order chi connectivity index (χ0) is 23.9. The summed E-state index contributed by atoms with van der Waals surface area (Å²) in [4.78, 5) is 32.8. The van der Waals surface area contributed by atoms with Crippen LogP contribution >= 0.6 is 11.6 Å². The molecule has 4 rings (SSSR count). The first-order valence-corrected chi connectivity index (χ1v) is 11.3. The summed E-state index contributed by atoms with van der Waals surface area (Å²) in [7, 11) is 0. The average molecular weight is 463 g/mol. The number of aryl methyl sites for hydroxylation is 3. The monoisotopic (exact) mass is 462 g/mol. The van der Waals surface area contributed by atoms with Crippen molar-refractivity contribution in [2.24, 2.45) is 0 Å². The number of hydrogen-bond acceptors (Lipinski definition) is 3. The van der Waals surface area contributed by atoms with E-state index in [-0.39, 0.29) is 24.1 Å². The van der Waals surface area contributed by atoms with E-state index in [1.54, 1.807) is 12.3 Å². The lowest BCUT2D eigenvalue weighted by Crippen LogP contribution is -2.28. The van der Waals surface area contributed by atoms with Gasteiger partial charge in [0.2, 0.25) is 0 Å². The van der Waals surface area contributed by atoms with Crippen molar-refractivity contribution in [3.05, 3.63) is 86.2 Å². The van der Waals surface area contributed by atoms with E-state index in [9.17, 15) is 9.59 Å². The molecule has 3 aromatic heterocycles. The van der Waals surface area contributed by atoms with Crippen molar-refractivity contribution in [1.82, 2.24) is 19.9 Å². The maximum atomic E-state index is 13.4. The summed E-state index contributed by atoms with van der Waals surface area (Å²) in [6.07, 6.45) is 3.78. The van der Waals surface area contributed by atoms with Gasteiger partial charge in [-0.25, -0.2) is 4.98 Å². The zero-order valence-corrected chi connectivity index (χ0v) is 20.2. The molecule has 0 radical (unpaired) electrons. The number of nitrogens with zero attached hydrogens (tertiary/aromatic N) is 2. The molecule has 0 aliphatic heterocycles. The minimum absolute atomic E-state index is 0.151. The van der Waals surface area contributed by atoms with E-state index < -0.39 is 0 Å². The van der Waals surface area contributed by atoms with Crippen LogP contribution in [0.15, 0.2) is 47.5 Å². The van der Waals surface area contributed by atoms with Gasteiger partial charge in [-0.3, -0.25) is 9.59 Å². The summed E-state index contributed by atoms with van der Waals surface area (Å²) in [6, 6.07) is 9.72. The number of carbonyl (C=O) groups is 1. The number of pyridine rings is 2. The largest absolute Gasteiger partial charge is 0.348 e. The Morgan fingerprint density at radius 2 is 1.88 bits per heavy atom. The first-order chi connectivity index (χ1) is 15.7. The van der Waals surface area contributed by atoms with Gasteiger partial charge in [0.1, 0.15) is 5.15 Å². The average Bonchev–Trinajstić information content (AvgIpc) is 3.09. The molecule has 0 aliphatic carbocycles. The Kier molecular flexibility index (Phi) is 6.13. The van der Waals surface area contributed by atoms with E-state index in [0.717, 1.165) is 38.9 Å². The highest BCUT2D eigenvalue weighted by Gasteiger charge is 2.19. The van der Waals surface area contributed by atoms with Gasteiger partial charge in [-0.2, -0.15) is 0 Å². The lowest BCUT2D eigenvalue weighted by Gasteiger charge is -2.14. The van der Waals surface area contributed by atoms with Crippen LogP contribution in [0.3, 0.4) is 0 Å². The normalized spacial score (nSPS) is 11.4. The molecule has 0 atom stereocenters. The van der Waals surface area contributed by atoms with E-state index in [0.29, 0.717) is 16.3 Å². The van der Waals surface area contributed by atoms with Gasteiger partial charge in [-0.05, 0) is 81.6 Å². The third kappa shape index (κ3) is 4.44. The topological polar surface area (TPSA) is 79.8 Å². The molecule has 0 bridgehead atoms. The van der Waals surface area contributed by atoms with Gasteiger partial charge in [-0.15, -0.1) is 0 Å². The molecule has 3 heterocycles. The molecule has 0 aliphatic rings. The smallest absolute Gasteiger partial charge is 0.253 e. The molecule has 0 fully saturated rings. The lowest BCUT2D eigenvalue weighted by atomic mass is 9.99. The maximum absolute atomic E-state index is 13.4. The number of benzene rings is 1. The number of amides is 1. The standard InChI is InChI=1S/C26H27ClN4O2/c1-14(2)31-13-16(4)24-20(9-19(10-22(24)31)18-6-7-23(27)28-11-18)25(32)29-12-21-15(3)8-17(5)30-26(21)33/h6-11,13-14H,12H2,1-5H3,(H,29,32)(H,30,33). The SMILES string of the molecule is Cc1cc(C)c(CNC(=O)c2cc(-c3ccc(Cl)nc3)cc3c2c(C)cn3C(C)C)c(=O)[nH]1. The van der Waals surface area contributed by atoms with Gasteiger partial charge in [0.25, 0.3) is 11.5 Å². The van der Waals surface area contributed by atoms with E-state index in [1.807, 2.05) is 39.0 Å². The third-order valence-electron chi connectivity index (χ3n) is 5.90. The Balaban J connectivity index is 1.80. The van der Waals surface area contributed by atoms with Crippen LogP contribution in [0.25, 0.3) is 22.0 Å². The van der Waals surface area contributed by atoms with Crippen molar-refractivity contribution < 1.29 is 4.79 Å². The Hall–Kier alpha value is -3.38. The van der Waals surface area contributed by atoms with Crippen molar-refractivity contribution in [3.8, 4) is 11.1 Å². The summed E-state index contributed by atoms with van der Waals surface area (Å²) in [5.41, 5.74) is 6.33. The van der Waals surface area contributed by atoms with Gasteiger partial charge in [0.15, 0.2) is 0 Å². The third-order valence-corrected chi connectivity index (χ3v) is 6.13. The van der Waals surface area contributed by atoms with Gasteiger partial charge in [0, 0.05) is 58.3 Å². The summed E-state index contributed by atoms with van der Waals surface area (Å²) in [6.45, 7) is 10.1. The molecule has 4 aromatic rings. The van der Waals surface area contributed by atoms with Crippen LogP contribution in [0.1, 0.15) is 52.6 Å². The molecule has 0 spiro atoms. The van der Waals surface area contributed by atoms with Crippen molar-refractivity contribution >= 4 is 28.4 Å². The Labute approximate surface area is 197 Å². The van der Waals surface area contributed by atoms with Crippen LogP contribution < -0.4 is 10.9 Å². The zero-order valence-electron chi connectivity index (χ0n) is 19.4. The number of halogens is 1. The molecule has 170 valence electrons. The number of rotatable bonds is 5. The lowest BCUT2D eigenvalue weighted by molar-refractivity contribution is 0.0952. The summed E-state index contributed by atoms with van der Waals surface area (Å²) < 4.78 is 2.17. The minimum Gasteiger partial charge on any atom is -0.348 e. The van der Waals surface area contributed by atoms with Gasteiger partial charge >= 0.3 is 0 Å². The van der Waals surface area contributed by atoms with Gasteiger partial charge < -0.3 is 14.9 Å².